The van der Waals surface area contributed by atoms with E-state index in [4.69, 9.17) is 12.2 Å². The number of hydrogen-bond acceptors (Lipinski definition) is 6. The summed E-state index contributed by atoms with van der Waals surface area (Å²) in [6.45, 7) is -2.95. The molecule has 1 saturated heterocycles. The van der Waals surface area contributed by atoms with Gasteiger partial charge in [0.05, 0.1) is 21.7 Å². The fourth-order valence-corrected chi connectivity index (χ4v) is 3.87. The second kappa shape index (κ2) is 8.59. The number of thioether (sulfide) groups is 1. The van der Waals surface area contributed by atoms with Crippen LogP contribution in [0.25, 0.3) is 6.08 Å². The van der Waals surface area contributed by atoms with Crippen LogP contribution in [-0.4, -0.2) is 39.0 Å². The Hall–Kier alpha value is -3.31. The maximum Gasteiger partial charge on any atom is 0.387 e. The molecule has 3 rings (SSSR count). The average molecular weight is 451 g/mol. The zero-order chi connectivity index (χ0) is 22.0. The molecule has 1 fully saturated rings. The summed E-state index contributed by atoms with van der Waals surface area (Å²) in [6, 6.07) is 8.85. The van der Waals surface area contributed by atoms with Gasteiger partial charge in [0.1, 0.15) is 5.75 Å². The molecule has 1 aliphatic heterocycles. The van der Waals surface area contributed by atoms with Gasteiger partial charge in [-0.25, -0.2) is 9.59 Å². The van der Waals surface area contributed by atoms with Gasteiger partial charge in [0.25, 0.3) is 5.91 Å². The van der Waals surface area contributed by atoms with E-state index in [1.807, 2.05) is 0 Å². The van der Waals surface area contributed by atoms with E-state index >= 15 is 0 Å². The van der Waals surface area contributed by atoms with Crippen molar-refractivity contribution in [2.45, 2.75) is 6.61 Å². The van der Waals surface area contributed by atoms with Crippen LogP contribution in [0.1, 0.15) is 26.3 Å². The van der Waals surface area contributed by atoms with Crippen LogP contribution in [0, 0.1) is 0 Å². The lowest BCUT2D eigenvalue weighted by atomic mass is 10.1. The van der Waals surface area contributed by atoms with Gasteiger partial charge in [0.15, 0.2) is 4.32 Å². The molecule has 2 N–H and O–H groups in total. The zero-order valence-electron chi connectivity index (χ0n) is 14.7. The van der Waals surface area contributed by atoms with Crippen molar-refractivity contribution >= 4 is 57.9 Å². The minimum absolute atomic E-state index is 0.0129. The van der Waals surface area contributed by atoms with E-state index in [9.17, 15) is 33.4 Å². The fraction of sp³-hybridized carbons (Fsp3) is 0.0526. The SMILES string of the molecule is O=C(O)c1cc(C(=O)O)cc(N2C(=O)/C(=C\c3ccc(OC(F)F)cc3)SC2=S)c1. The number of anilines is 1. The molecule has 7 nitrogen and oxygen atoms in total. The molecular weight excluding hydrogens is 440 g/mol. The maximum atomic E-state index is 12.8. The highest BCUT2D eigenvalue weighted by atomic mass is 32.2. The number of carboxylic acids is 2. The van der Waals surface area contributed by atoms with Gasteiger partial charge in [-0.3, -0.25) is 9.69 Å². The van der Waals surface area contributed by atoms with Gasteiger partial charge < -0.3 is 14.9 Å². The highest BCUT2D eigenvalue weighted by molar-refractivity contribution is 8.27. The van der Waals surface area contributed by atoms with Gasteiger partial charge in [-0.2, -0.15) is 8.78 Å². The number of thiocarbonyl (C=S) groups is 1. The van der Waals surface area contributed by atoms with Crippen molar-refractivity contribution in [3.05, 3.63) is 64.1 Å². The molecule has 30 heavy (non-hydrogen) atoms. The number of carboxylic acid groups (broad SMARTS) is 2. The highest BCUT2D eigenvalue weighted by Gasteiger charge is 2.34. The van der Waals surface area contributed by atoms with Crippen LogP contribution in [-0.2, 0) is 4.79 Å². The van der Waals surface area contributed by atoms with Crippen molar-refractivity contribution in [1.29, 1.82) is 0 Å². The Morgan fingerprint density at radius 2 is 1.63 bits per heavy atom. The molecule has 1 aliphatic rings. The van der Waals surface area contributed by atoms with Crippen LogP contribution in [0.3, 0.4) is 0 Å². The average Bonchev–Trinajstić information content (AvgIpc) is 2.95. The Morgan fingerprint density at radius 1 is 1.07 bits per heavy atom. The van der Waals surface area contributed by atoms with Gasteiger partial charge in [0, 0.05) is 0 Å². The summed E-state index contributed by atoms with van der Waals surface area (Å²) in [5.41, 5.74) is -0.0865. The van der Waals surface area contributed by atoms with E-state index < -0.39 is 24.5 Å². The third-order valence-corrected chi connectivity index (χ3v) is 5.17. The Morgan fingerprint density at radius 3 is 2.13 bits per heavy atom. The fourth-order valence-electron chi connectivity index (χ4n) is 2.57. The molecule has 1 amide bonds. The molecule has 0 unspecified atom stereocenters. The normalized spacial score (nSPS) is 15.2. The zero-order valence-corrected chi connectivity index (χ0v) is 16.4. The van der Waals surface area contributed by atoms with Gasteiger partial charge in [-0.05, 0) is 42.0 Å². The quantitative estimate of drug-likeness (QED) is 0.500. The van der Waals surface area contributed by atoms with Gasteiger partial charge in [0.2, 0.25) is 0 Å². The first-order chi connectivity index (χ1) is 14.2. The number of alkyl halides is 2. The van der Waals surface area contributed by atoms with E-state index in [1.54, 1.807) is 0 Å². The molecule has 1 heterocycles. The lowest BCUT2D eigenvalue weighted by molar-refractivity contribution is -0.113. The minimum atomic E-state index is -2.95. The Balaban J connectivity index is 1.92. The largest absolute Gasteiger partial charge is 0.478 e. The summed E-state index contributed by atoms with van der Waals surface area (Å²) in [4.78, 5) is 36.7. The standard InChI is InChI=1S/C19H11F2NO6S2/c20-18(21)28-13-3-1-9(2-4-13)5-14-15(23)22(19(29)30-14)12-7-10(16(24)25)6-11(8-12)17(26)27/h1-8,18H,(H,24,25)(H,26,27)/b14-5+. The van der Waals surface area contributed by atoms with Crippen molar-refractivity contribution in [1.82, 2.24) is 0 Å². The molecule has 0 aromatic heterocycles. The van der Waals surface area contributed by atoms with Gasteiger partial charge in [-0.15, -0.1) is 0 Å². The van der Waals surface area contributed by atoms with Crippen LogP contribution in [0.5, 0.6) is 5.75 Å². The molecule has 2 aromatic carbocycles. The number of rotatable bonds is 6. The van der Waals surface area contributed by atoms with Crippen LogP contribution in [0.4, 0.5) is 14.5 Å². The smallest absolute Gasteiger partial charge is 0.387 e. The van der Waals surface area contributed by atoms with Crippen LogP contribution in [0.15, 0.2) is 47.4 Å². The second-order valence-corrected chi connectivity index (χ2v) is 7.52. The number of nitrogens with zero attached hydrogens (tertiary/aromatic N) is 1. The van der Waals surface area contributed by atoms with Crippen molar-refractivity contribution in [3.8, 4) is 5.75 Å². The number of halogens is 2. The summed E-state index contributed by atoms with van der Waals surface area (Å²) in [6.07, 6.45) is 1.48. The number of hydrogen-bond donors (Lipinski definition) is 2. The van der Waals surface area contributed by atoms with E-state index in [0.717, 1.165) is 34.9 Å². The minimum Gasteiger partial charge on any atom is -0.478 e. The monoisotopic (exact) mass is 451 g/mol. The number of amides is 1. The maximum absolute atomic E-state index is 12.8. The molecule has 154 valence electrons. The number of carbonyl (C=O) groups excluding carboxylic acids is 1. The predicted octanol–water partition coefficient (Wildman–Crippen LogP) is 4.09. The molecule has 0 aliphatic carbocycles. The van der Waals surface area contributed by atoms with Gasteiger partial charge in [-0.1, -0.05) is 36.1 Å². The first kappa shape index (κ1) is 21.4. The van der Waals surface area contributed by atoms with Crippen molar-refractivity contribution in [3.63, 3.8) is 0 Å². The van der Waals surface area contributed by atoms with Crippen LogP contribution >= 0.6 is 24.0 Å². The van der Waals surface area contributed by atoms with E-state index in [-0.39, 0.29) is 31.8 Å². The molecule has 0 atom stereocenters. The molecule has 11 heteroatoms. The van der Waals surface area contributed by atoms with E-state index in [0.29, 0.717) is 5.56 Å². The van der Waals surface area contributed by atoms with E-state index in [2.05, 4.69) is 4.74 Å². The molecule has 2 aromatic rings. The summed E-state index contributed by atoms with van der Waals surface area (Å²) in [7, 11) is 0. The van der Waals surface area contributed by atoms with Crippen molar-refractivity contribution in [2.24, 2.45) is 0 Å². The summed E-state index contributed by atoms with van der Waals surface area (Å²) < 4.78 is 28.8. The molecular formula is C19H11F2NO6S2. The molecule has 0 radical (unpaired) electrons. The van der Waals surface area contributed by atoms with Crippen molar-refractivity contribution in [2.75, 3.05) is 4.90 Å². The molecule has 0 spiro atoms. The third-order valence-electron chi connectivity index (χ3n) is 3.87. The second-order valence-electron chi connectivity index (χ2n) is 5.84. The summed E-state index contributed by atoms with van der Waals surface area (Å²) >= 11 is 6.15. The predicted molar refractivity (Wildman–Crippen MR) is 109 cm³/mol. The van der Waals surface area contributed by atoms with Crippen LogP contribution in [0.2, 0.25) is 0 Å². The summed E-state index contributed by atoms with van der Waals surface area (Å²) in [5.74, 6) is -3.32. The number of benzene rings is 2. The molecule has 0 saturated carbocycles. The first-order valence-corrected chi connectivity index (χ1v) is 9.32. The number of carbonyl (C=O) groups is 3. The highest BCUT2D eigenvalue weighted by Crippen LogP contribution is 2.37. The lowest BCUT2D eigenvalue weighted by Gasteiger charge is -2.16. The first-order valence-electron chi connectivity index (χ1n) is 8.10. The van der Waals surface area contributed by atoms with Gasteiger partial charge >= 0.3 is 18.6 Å². The topological polar surface area (TPSA) is 104 Å². The van der Waals surface area contributed by atoms with Crippen LogP contribution < -0.4 is 9.64 Å². The Bertz CT molecular complexity index is 1050. The number of ether oxygens (including phenoxy) is 1. The lowest BCUT2D eigenvalue weighted by Crippen LogP contribution is -2.28. The number of aromatic carboxylic acids is 2. The van der Waals surface area contributed by atoms with E-state index in [1.165, 1.54) is 30.3 Å². The third kappa shape index (κ3) is 4.63. The van der Waals surface area contributed by atoms with Crippen molar-refractivity contribution < 1.29 is 38.1 Å². The Kier molecular flexibility index (Phi) is 6.13. The Labute approximate surface area is 177 Å². The molecule has 0 bridgehead atoms. The summed E-state index contributed by atoms with van der Waals surface area (Å²) in [5, 5.41) is 18.4.